The van der Waals surface area contributed by atoms with Gasteiger partial charge in [0.05, 0.1) is 44.1 Å². The first kappa shape index (κ1) is 74.8. The summed E-state index contributed by atoms with van der Waals surface area (Å²) in [7, 11) is 0. The van der Waals surface area contributed by atoms with E-state index in [1.807, 2.05) is 0 Å². The predicted molar refractivity (Wildman–Crippen MR) is 563 cm³/mol. The lowest BCUT2D eigenvalue weighted by Crippen LogP contribution is -1.95. The summed E-state index contributed by atoms with van der Waals surface area (Å²) < 4.78 is 9.68. The smallest absolute Gasteiger partial charge is 0.0541 e. The Kier molecular flexibility index (Phi) is 17.1. The van der Waals surface area contributed by atoms with Crippen LogP contribution in [0.3, 0.4) is 0 Å². The van der Waals surface area contributed by atoms with E-state index in [2.05, 4.69) is 504 Å². The van der Waals surface area contributed by atoms with Gasteiger partial charge >= 0.3 is 0 Å². The molecule has 0 radical (unpaired) electrons. The monoisotopic (exact) mass is 1670 g/mol. The van der Waals surface area contributed by atoms with E-state index in [9.17, 15) is 0 Å². The molecule has 0 saturated heterocycles. The van der Waals surface area contributed by atoms with Crippen LogP contribution in [-0.4, -0.2) is 18.3 Å². The van der Waals surface area contributed by atoms with E-state index in [0.717, 1.165) is 22.7 Å². The molecular weight excluding hydrogens is 1590 g/mol. The minimum absolute atomic E-state index is 1.14. The molecule has 0 unspecified atom stereocenters. The highest BCUT2D eigenvalue weighted by molar-refractivity contribution is 6.37. The van der Waals surface area contributed by atoms with Crippen LogP contribution in [0.15, 0.2) is 485 Å². The van der Waals surface area contributed by atoms with Crippen LogP contribution in [0.2, 0.25) is 0 Å². The second kappa shape index (κ2) is 30.1. The van der Waals surface area contributed by atoms with Gasteiger partial charge in [-0.15, -0.1) is 0 Å². The standard InChI is InChI=1S/C68H42N2.C60H38N2/c1-2-14-43(15-3-1)44-26-33-49(34-27-44)69-63-24-12-10-21-55(63)60-40-47(31-38-65(60)69)48-32-39-66-61(41-48)56-22-11-13-25-64(56)70(66)50-35-28-46(29-36-50)59-42-62-54-20-7-6-18-52(54)53-19-8-9-23-57(53)68(62)67-51-17-5-4-16-45(51)30-37-58(59)67;1-2-13-39(14-3-1)40-25-30-45(31-26-40)61-57-23-10-8-21-51(57)55-36-42(28-33-59(55)61)43-29-34-60-56(37-43)52-22-9-11-24-58(52)62(60)46-17-12-16-44(35-46)53-38-54-47-18-5-4-15-41(47)27-32-50(54)48-19-6-7-20-49(48)53/h1-42H;1-38H. The summed E-state index contributed by atoms with van der Waals surface area (Å²) in [6.07, 6.45) is 0. The van der Waals surface area contributed by atoms with Crippen LogP contribution in [0, 0.1) is 0 Å². The summed E-state index contributed by atoms with van der Waals surface area (Å²) in [6.45, 7) is 0. The SMILES string of the molecule is c1ccc(-c2ccc(-n3c4ccccc4c4cc(-c5ccc6c(c5)c5ccccc5n6-c5ccc(-c6cc7c8ccccc8c8ccccc8c7c7c6ccc6ccccc67)cc5)ccc43)cc2)cc1.c1ccc(-c2ccc(-n3c4ccccc4c4cc(-c5ccc6c(c5)c5ccccc5n6-c5cccc(-c6cc7c8ccccc8ccc7c7ccccc67)c5)ccc43)cc2)cc1. The Balaban J connectivity index is 0.000000136. The molecule has 0 N–H and O–H groups in total. The van der Waals surface area contributed by atoms with Gasteiger partial charge in [0.15, 0.2) is 0 Å². The quantitative estimate of drug-likeness (QED) is 0.122. The fourth-order valence-electron chi connectivity index (χ4n) is 22.1. The molecule has 4 nitrogen and oxygen atoms in total. The lowest BCUT2D eigenvalue weighted by Gasteiger charge is -2.18. The van der Waals surface area contributed by atoms with E-state index in [1.165, 1.54) is 240 Å². The topological polar surface area (TPSA) is 19.7 Å². The predicted octanol–water partition coefficient (Wildman–Crippen LogP) is 35.0. The van der Waals surface area contributed by atoms with Crippen molar-refractivity contribution in [2.45, 2.75) is 0 Å². The normalized spacial score (nSPS) is 11.9. The number of hydrogen-bond donors (Lipinski definition) is 0. The number of aromatic nitrogens is 4. The second-order valence-electron chi connectivity index (χ2n) is 35.3. The zero-order chi connectivity index (χ0) is 86.6. The molecule has 0 atom stereocenters. The van der Waals surface area contributed by atoms with E-state index < -0.39 is 0 Å². The van der Waals surface area contributed by atoms with Crippen LogP contribution in [-0.2, 0) is 0 Å². The zero-order valence-electron chi connectivity index (χ0n) is 72.0. The zero-order valence-corrected chi connectivity index (χ0v) is 72.0. The number of para-hydroxylation sites is 4. The number of rotatable bonds is 10. The largest absolute Gasteiger partial charge is 0.309 e. The minimum atomic E-state index is 1.14. The van der Waals surface area contributed by atoms with E-state index in [4.69, 9.17) is 0 Å². The molecule has 0 bridgehead atoms. The number of benzene rings is 24. The highest BCUT2D eigenvalue weighted by atomic mass is 15.0. The van der Waals surface area contributed by atoms with Crippen LogP contribution in [0.4, 0.5) is 0 Å². The third kappa shape index (κ3) is 11.9. The van der Waals surface area contributed by atoms with Gasteiger partial charge in [-0.05, 0) is 286 Å². The summed E-state index contributed by atoms with van der Waals surface area (Å²) in [6, 6.07) is 179. The molecule has 0 aliphatic rings. The molecule has 4 heteroatoms. The molecule has 612 valence electrons. The van der Waals surface area contributed by atoms with Crippen molar-refractivity contribution in [3.05, 3.63) is 485 Å². The van der Waals surface area contributed by atoms with Crippen LogP contribution in [0.5, 0.6) is 0 Å². The minimum Gasteiger partial charge on any atom is -0.309 e. The lowest BCUT2D eigenvalue weighted by atomic mass is 9.85. The van der Waals surface area contributed by atoms with Crippen molar-refractivity contribution in [3.8, 4) is 89.5 Å². The number of hydrogen-bond acceptors (Lipinski definition) is 0. The molecule has 132 heavy (non-hydrogen) atoms. The van der Waals surface area contributed by atoms with Gasteiger partial charge in [-0.2, -0.15) is 0 Å². The average molecular weight is 1670 g/mol. The molecule has 0 fully saturated rings. The second-order valence-corrected chi connectivity index (χ2v) is 35.3. The average Bonchev–Trinajstić information content (AvgIpc) is 0.867. The molecule has 4 heterocycles. The summed E-state index contributed by atoms with van der Waals surface area (Å²) in [5.41, 5.74) is 28.8. The maximum Gasteiger partial charge on any atom is 0.0541 e. The van der Waals surface area contributed by atoms with Crippen LogP contribution in [0.1, 0.15) is 0 Å². The van der Waals surface area contributed by atoms with Gasteiger partial charge in [0.25, 0.3) is 0 Å². The van der Waals surface area contributed by atoms with E-state index in [-0.39, 0.29) is 0 Å². The Morgan fingerprint density at radius 2 is 0.386 bits per heavy atom. The summed E-state index contributed by atoms with van der Waals surface area (Å²) in [4.78, 5) is 0. The highest BCUT2D eigenvalue weighted by Crippen LogP contribution is 2.49. The van der Waals surface area contributed by atoms with Crippen molar-refractivity contribution in [2.75, 3.05) is 0 Å². The van der Waals surface area contributed by atoms with Gasteiger partial charge in [-0.1, -0.05) is 352 Å². The maximum atomic E-state index is 2.45. The molecule has 0 saturated carbocycles. The van der Waals surface area contributed by atoms with E-state index >= 15 is 0 Å². The van der Waals surface area contributed by atoms with Crippen LogP contribution >= 0.6 is 0 Å². The Hall–Kier alpha value is -17.4. The highest BCUT2D eigenvalue weighted by Gasteiger charge is 2.24. The first-order valence-corrected chi connectivity index (χ1v) is 45.7. The third-order valence-corrected chi connectivity index (χ3v) is 28.2. The van der Waals surface area contributed by atoms with Crippen LogP contribution < -0.4 is 0 Å². The Bertz CT molecular complexity index is 9620. The molecular formula is C128H80N4. The fourth-order valence-corrected chi connectivity index (χ4v) is 22.1. The van der Waals surface area contributed by atoms with Gasteiger partial charge in [-0.3, -0.25) is 0 Å². The Labute approximate surface area is 761 Å². The maximum absolute atomic E-state index is 2.45. The van der Waals surface area contributed by atoms with Crippen molar-refractivity contribution in [2.24, 2.45) is 0 Å². The molecule has 24 aromatic carbocycles. The molecule has 28 aromatic rings. The van der Waals surface area contributed by atoms with Crippen molar-refractivity contribution < 1.29 is 0 Å². The van der Waals surface area contributed by atoms with E-state index in [1.54, 1.807) is 0 Å². The van der Waals surface area contributed by atoms with Crippen molar-refractivity contribution in [1.82, 2.24) is 18.3 Å². The fraction of sp³-hybridized carbons (Fsp3) is 0. The molecule has 0 amide bonds. The first-order chi connectivity index (χ1) is 65.5. The summed E-state index contributed by atoms with van der Waals surface area (Å²) >= 11 is 0. The summed E-state index contributed by atoms with van der Waals surface area (Å²) in [5, 5.41) is 30.5. The van der Waals surface area contributed by atoms with Crippen molar-refractivity contribution >= 4 is 173 Å². The first-order valence-electron chi connectivity index (χ1n) is 45.7. The van der Waals surface area contributed by atoms with E-state index in [0.29, 0.717) is 0 Å². The molecule has 0 spiro atoms. The van der Waals surface area contributed by atoms with Gasteiger partial charge < -0.3 is 18.3 Å². The van der Waals surface area contributed by atoms with Crippen molar-refractivity contribution in [1.29, 1.82) is 0 Å². The molecule has 28 rings (SSSR count). The van der Waals surface area contributed by atoms with Crippen LogP contribution in [0.25, 0.3) is 263 Å². The van der Waals surface area contributed by atoms with Crippen molar-refractivity contribution in [3.63, 3.8) is 0 Å². The Morgan fingerprint density at radius 3 is 0.841 bits per heavy atom. The third-order valence-electron chi connectivity index (χ3n) is 28.2. The summed E-state index contributed by atoms with van der Waals surface area (Å²) in [5.74, 6) is 0. The molecule has 0 aliphatic heterocycles. The lowest BCUT2D eigenvalue weighted by molar-refractivity contribution is 1.18. The Morgan fingerprint density at radius 1 is 0.106 bits per heavy atom. The number of nitrogens with zero attached hydrogens (tertiary/aromatic N) is 4. The van der Waals surface area contributed by atoms with Gasteiger partial charge in [0, 0.05) is 65.8 Å². The van der Waals surface area contributed by atoms with Gasteiger partial charge in [-0.25, -0.2) is 0 Å². The molecule has 0 aliphatic carbocycles. The molecule has 4 aromatic heterocycles. The van der Waals surface area contributed by atoms with Gasteiger partial charge in [0.1, 0.15) is 0 Å². The van der Waals surface area contributed by atoms with Gasteiger partial charge in [0.2, 0.25) is 0 Å². The number of fused-ring (bicyclic) bond motifs is 27.